The summed E-state index contributed by atoms with van der Waals surface area (Å²) < 4.78 is 5.17. The fourth-order valence-electron chi connectivity index (χ4n) is 3.41. The number of nitrogens with one attached hydrogen (secondary N) is 2. The van der Waals surface area contributed by atoms with Crippen molar-refractivity contribution in [2.24, 2.45) is 10.4 Å². The highest BCUT2D eigenvalue weighted by atomic mass is 16.7. The van der Waals surface area contributed by atoms with Gasteiger partial charge in [0.1, 0.15) is 12.6 Å². The summed E-state index contributed by atoms with van der Waals surface area (Å²) in [5.74, 6) is -0.646. The van der Waals surface area contributed by atoms with Gasteiger partial charge in [0.2, 0.25) is 5.91 Å². The summed E-state index contributed by atoms with van der Waals surface area (Å²) in [6.45, 7) is 0.932. The highest BCUT2D eigenvalue weighted by molar-refractivity contribution is 6.01. The Morgan fingerprint density at radius 2 is 1.78 bits per heavy atom. The average Bonchev–Trinajstić information content (AvgIpc) is 3.25. The summed E-state index contributed by atoms with van der Waals surface area (Å²) in [6, 6.07) is 15.3. The van der Waals surface area contributed by atoms with Crippen molar-refractivity contribution in [3.63, 3.8) is 0 Å². The molecule has 1 heterocycles. The SMILES string of the molecule is CN(C)C(=O)ON=NCc1ccc(N2CC[C@H](NC(=O)NCCC(=O)OCc3ccccc3)C2=O)cc1. The van der Waals surface area contributed by atoms with Crippen LogP contribution in [0.1, 0.15) is 24.0 Å². The molecule has 0 saturated carbocycles. The van der Waals surface area contributed by atoms with Crippen molar-refractivity contribution in [3.05, 3.63) is 65.7 Å². The molecule has 4 amide bonds. The van der Waals surface area contributed by atoms with Crippen molar-refractivity contribution in [2.45, 2.75) is 32.0 Å². The normalized spacial score (nSPS) is 14.9. The van der Waals surface area contributed by atoms with Crippen molar-refractivity contribution >= 4 is 29.7 Å². The summed E-state index contributed by atoms with van der Waals surface area (Å²) in [5.41, 5.74) is 2.39. The van der Waals surface area contributed by atoms with Gasteiger partial charge in [0.05, 0.1) is 13.0 Å². The second-order valence-electron chi connectivity index (χ2n) is 8.43. The smallest absolute Gasteiger partial charge is 0.436 e. The summed E-state index contributed by atoms with van der Waals surface area (Å²) >= 11 is 0. The number of anilines is 1. The lowest BCUT2D eigenvalue weighted by Gasteiger charge is -2.17. The van der Waals surface area contributed by atoms with Crippen LogP contribution in [-0.4, -0.2) is 62.1 Å². The number of urea groups is 1. The van der Waals surface area contributed by atoms with Crippen molar-refractivity contribution < 1.29 is 28.8 Å². The second kappa shape index (κ2) is 13.6. The Bertz CT molecular complexity index is 1110. The number of ether oxygens (including phenoxy) is 1. The minimum Gasteiger partial charge on any atom is -0.461 e. The summed E-state index contributed by atoms with van der Waals surface area (Å²) in [5, 5.41) is 12.4. The van der Waals surface area contributed by atoms with Crippen molar-refractivity contribution in [1.29, 1.82) is 0 Å². The maximum absolute atomic E-state index is 12.8. The number of esters is 1. The van der Waals surface area contributed by atoms with E-state index in [2.05, 4.69) is 25.9 Å². The van der Waals surface area contributed by atoms with E-state index in [0.29, 0.717) is 18.7 Å². The van der Waals surface area contributed by atoms with Crippen LogP contribution < -0.4 is 15.5 Å². The Morgan fingerprint density at radius 1 is 1.05 bits per heavy atom. The lowest BCUT2D eigenvalue weighted by Crippen LogP contribution is -2.46. The summed E-state index contributed by atoms with van der Waals surface area (Å²) in [6.07, 6.45) is -0.141. The third-order valence-corrected chi connectivity index (χ3v) is 5.41. The topological polar surface area (TPSA) is 142 Å². The van der Waals surface area contributed by atoms with Gasteiger partial charge in [0.25, 0.3) is 0 Å². The van der Waals surface area contributed by atoms with Crippen LogP contribution in [0.3, 0.4) is 0 Å². The van der Waals surface area contributed by atoms with Gasteiger partial charge in [-0.1, -0.05) is 42.5 Å². The van der Waals surface area contributed by atoms with Crippen molar-refractivity contribution in [3.8, 4) is 0 Å². The molecule has 0 aliphatic carbocycles. The molecular formula is C25H30N6O6. The van der Waals surface area contributed by atoms with Gasteiger partial charge in [-0.25, -0.2) is 9.59 Å². The second-order valence-corrected chi connectivity index (χ2v) is 8.43. The average molecular weight is 511 g/mol. The predicted molar refractivity (Wildman–Crippen MR) is 133 cm³/mol. The van der Waals surface area contributed by atoms with Crippen LogP contribution >= 0.6 is 0 Å². The Balaban J connectivity index is 1.37. The van der Waals surface area contributed by atoms with Crippen LogP contribution in [0, 0.1) is 0 Å². The quantitative estimate of drug-likeness (QED) is 0.286. The predicted octanol–water partition coefficient (Wildman–Crippen LogP) is 2.79. The van der Waals surface area contributed by atoms with E-state index in [9.17, 15) is 19.2 Å². The first-order chi connectivity index (χ1) is 17.8. The largest absolute Gasteiger partial charge is 0.461 e. The first-order valence-corrected chi connectivity index (χ1v) is 11.7. The number of hydrogen-bond acceptors (Lipinski definition) is 8. The maximum Gasteiger partial charge on any atom is 0.436 e. The number of carbonyl (C=O) groups is 4. The molecule has 2 aromatic carbocycles. The molecule has 12 nitrogen and oxygen atoms in total. The number of carbonyl (C=O) groups excluding carboxylic acids is 4. The molecule has 2 aromatic rings. The molecule has 0 unspecified atom stereocenters. The first-order valence-electron chi connectivity index (χ1n) is 11.7. The molecule has 0 bridgehead atoms. The molecule has 37 heavy (non-hydrogen) atoms. The maximum atomic E-state index is 12.8. The molecule has 1 aliphatic heterocycles. The van der Waals surface area contributed by atoms with E-state index in [0.717, 1.165) is 11.1 Å². The van der Waals surface area contributed by atoms with Crippen LogP contribution in [0.4, 0.5) is 15.3 Å². The minimum atomic E-state index is -0.662. The molecule has 1 atom stereocenters. The molecule has 1 fully saturated rings. The van der Waals surface area contributed by atoms with Gasteiger partial charge in [-0.05, 0) is 29.7 Å². The molecule has 0 aromatic heterocycles. The third-order valence-electron chi connectivity index (χ3n) is 5.41. The zero-order chi connectivity index (χ0) is 26.6. The van der Waals surface area contributed by atoms with Crippen LogP contribution in [0.25, 0.3) is 0 Å². The fourth-order valence-corrected chi connectivity index (χ4v) is 3.41. The molecule has 0 spiro atoms. The Morgan fingerprint density at radius 3 is 2.49 bits per heavy atom. The number of amides is 4. The first kappa shape index (κ1) is 27.1. The third kappa shape index (κ3) is 8.60. The van der Waals surface area contributed by atoms with E-state index < -0.39 is 24.1 Å². The number of hydrogen-bond donors (Lipinski definition) is 2. The van der Waals surface area contributed by atoms with Crippen molar-refractivity contribution in [1.82, 2.24) is 15.5 Å². The summed E-state index contributed by atoms with van der Waals surface area (Å²) in [7, 11) is 3.07. The highest BCUT2D eigenvalue weighted by Crippen LogP contribution is 2.22. The van der Waals surface area contributed by atoms with E-state index in [1.807, 2.05) is 30.3 Å². The Labute approximate surface area is 214 Å². The number of nitrogens with zero attached hydrogens (tertiary/aromatic N) is 4. The number of rotatable bonds is 10. The molecule has 1 saturated heterocycles. The van der Waals surface area contributed by atoms with Gasteiger partial charge >= 0.3 is 18.1 Å². The highest BCUT2D eigenvalue weighted by Gasteiger charge is 2.33. The van der Waals surface area contributed by atoms with Gasteiger partial charge < -0.3 is 25.2 Å². The molecule has 1 aliphatic rings. The van der Waals surface area contributed by atoms with Gasteiger partial charge in [-0.3, -0.25) is 14.4 Å². The van der Waals surface area contributed by atoms with Gasteiger partial charge in [-0.15, -0.1) is 5.11 Å². The number of benzene rings is 2. The molecule has 12 heteroatoms. The molecule has 2 N–H and O–H groups in total. The van der Waals surface area contributed by atoms with E-state index in [4.69, 9.17) is 4.74 Å². The van der Waals surface area contributed by atoms with Gasteiger partial charge in [-0.2, -0.15) is 0 Å². The lowest BCUT2D eigenvalue weighted by molar-refractivity contribution is -0.144. The van der Waals surface area contributed by atoms with Crippen molar-refractivity contribution in [2.75, 3.05) is 32.1 Å². The lowest BCUT2D eigenvalue weighted by atomic mass is 10.2. The zero-order valence-corrected chi connectivity index (χ0v) is 20.8. The van der Waals surface area contributed by atoms with Crippen LogP contribution in [-0.2, 0) is 32.3 Å². The van der Waals surface area contributed by atoms with Crippen LogP contribution in [0.15, 0.2) is 65.0 Å². The van der Waals surface area contributed by atoms with Crippen LogP contribution in [0.5, 0.6) is 0 Å². The van der Waals surface area contributed by atoms with Crippen LogP contribution in [0.2, 0.25) is 0 Å². The minimum absolute atomic E-state index is 0.0228. The molecule has 0 radical (unpaired) electrons. The van der Waals surface area contributed by atoms with Gasteiger partial charge in [0.15, 0.2) is 0 Å². The molecular weight excluding hydrogens is 480 g/mol. The monoisotopic (exact) mass is 510 g/mol. The zero-order valence-electron chi connectivity index (χ0n) is 20.8. The van der Waals surface area contributed by atoms with E-state index in [-0.39, 0.29) is 32.0 Å². The molecule has 3 rings (SSSR count). The van der Waals surface area contributed by atoms with E-state index >= 15 is 0 Å². The Kier molecular flexibility index (Phi) is 9.94. The molecule has 196 valence electrons. The standard InChI is InChI=1S/C25H30N6O6/c1-30(2)25(35)37-29-27-16-18-8-10-20(11-9-18)31-15-13-21(23(31)33)28-24(34)26-14-12-22(32)36-17-19-6-4-3-5-7-19/h3-11,21H,12-17H2,1-2H3,(H2,26,28,34)/t21-/m0/s1. The van der Waals surface area contributed by atoms with E-state index in [1.54, 1.807) is 29.2 Å². The fraction of sp³-hybridized carbons (Fsp3) is 0.360. The van der Waals surface area contributed by atoms with E-state index in [1.165, 1.54) is 19.0 Å². The Hall–Kier alpha value is -4.48. The van der Waals surface area contributed by atoms with Gasteiger partial charge in [0, 0.05) is 38.1 Å². The summed E-state index contributed by atoms with van der Waals surface area (Å²) in [4.78, 5) is 55.5.